The first kappa shape index (κ1) is 16.8. The number of nitrogens with zero attached hydrogens (tertiary/aromatic N) is 1. The molecule has 3 rings (SSSR count). The zero-order valence-corrected chi connectivity index (χ0v) is 14.1. The van der Waals surface area contributed by atoms with Crippen molar-refractivity contribution in [3.8, 4) is 11.5 Å². The van der Waals surface area contributed by atoms with E-state index in [1.54, 1.807) is 24.3 Å². The van der Waals surface area contributed by atoms with Crippen molar-refractivity contribution >= 4 is 0 Å². The Balaban J connectivity index is 1.53. The van der Waals surface area contributed by atoms with Crippen molar-refractivity contribution in [2.75, 3.05) is 39.5 Å². The standard InChI is InChI=1S/C20H25NO3/c22-19-7-9-20(10-8-19)24-14-4-11-21(12-15-23-16-13-21)17-18-5-2-1-3-6-18/h1-3,5-10H,4,11-17H2/p+1. The summed E-state index contributed by atoms with van der Waals surface area (Å²) >= 11 is 0. The molecule has 1 fully saturated rings. The minimum atomic E-state index is 0.267. The third-order valence-corrected chi connectivity index (χ3v) is 4.66. The average Bonchev–Trinajstić information content (AvgIpc) is 2.62. The fourth-order valence-corrected chi connectivity index (χ4v) is 3.29. The van der Waals surface area contributed by atoms with Crippen LogP contribution in [-0.2, 0) is 11.3 Å². The van der Waals surface area contributed by atoms with E-state index in [0.29, 0.717) is 6.61 Å². The highest BCUT2D eigenvalue weighted by atomic mass is 16.5. The number of phenolic OH excluding ortho intramolecular Hbond substituents is 1. The Morgan fingerprint density at radius 1 is 0.958 bits per heavy atom. The van der Waals surface area contributed by atoms with Gasteiger partial charge in [0, 0.05) is 12.0 Å². The lowest BCUT2D eigenvalue weighted by molar-refractivity contribution is -0.947. The second kappa shape index (κ2) is 8.18. The molecule has 1 saturated heterocycles. The van der Waals surface area contributed by atoms with Gasteiger partial charge in [0.2, 0.25) is 0 Å². The zero-order valence-electron chi connectivity index (χ0n) is 14.1. The molecule has 0 unspecified atom stereocenters. The molecule has 128 valence electrons. The van der Waals surface area contributed by atoms with Crippen LogP contribution in [0.25, 0.3) is 0 Å². The van der Waals surface area contributed by atoms with Gasteiger partial charge < -0.3 is 19.1 Å². The molecule has 24 heavy (non-hydrogen) atoms. The van der Waals surface area contributed by atoms with Gasteiger partial charge in [0.15, 0.2) is 0 Å². The molecule has 0 radical (unpaired) electrons. The van der Waals surface area contributed by atoms with Gasteiger partial charge in [0.25, 0.3) is 0 Å². The normalized spacial score (nSPS) is 16.7. The quantitative estimate of drug-likeness (QED) is 0.626. The summed E-state index contributed by atoms with van der Waals surface area (Å²) in [5, 5.41) is 9.30. The van der Waals surface area contributed by atoms with E-state index in [-0.39, 0.29) is 5.75 Å². The first-order valence-electron chi connectivity index (χ1n) is 8.64. The molecule has 0 aromatic heterocycles. The van der Waals surface area contributed by atoms with E-state index in [2.05, 4.69) is 30.3 Å². The van der Waals surface area contributed by atoms with Crippen LogP contribution in [0.15, 0.2) is 54.6 Å². The Morgan fingerprint density at radius 3 is 2.38 bits per heavy atom. The molecule has 0 aliphatic carbocycles. The number of hydrogen-bond acceptors (Lipinski definition) is 3. The molecule has 0 atom stereocenters. The van der Waals surface area contributed by atoms with Crippen LogP contribution in [0.4, 0.5) is 0 Å². The van der Waals surface area contributed by atoms with Crippen molar-refractivity contribution in [1.29, 1.82) is 0 Å². The van der Waals surface area contributed by atoms with E-state index in [9.17, 15) is 5.11 Å². The van der Waals surface area contributed by atoms with E-state index in [1.807, 2.05) is 0 Å². The predicted octanol–water partition coefficient (Wildman–Crippen LogP) is 3.21. The lowest BCUT2D eigenvalue weighted by atomic mass is 10.1. The fraction of sp³-hybridized carbons (Fsp3) is 0.400. The van der Waals surface area contributed by atoms with Crippen molar-refractivity contribution in [2.45, 2.75) is 13.0 Å². The van der Waals surface area contributed by atoms with E-state index in [1.165, 1.54) is 5.56 Å². The molecular weight excluding hydrogens is 302 g/mol. The van der Waals surface area contributed by atoms with Crippen molar-refractivity contribution in [3.63, 3.8) is 0 Å². The molecule has 2 aromatic rings. The molecule has 0 saturated carbocycles. The molecule has 0 bridgehead atoms. The van der Waals surface area contributed by atoms with Gasteiger partial charge in [-0.05, 0) is 24.3 Å². The van der Waals surface area contributed by atoms with Crippen molar-refractivity contribution in [1.82, 2.24) is 0 Å². The lowest BCUT2D eigenvalue weighted by Gasteiger charge is -2.41. The summed E-state index contributed by atoms with van der Waals surface area (Å²) in [7, 11) is 0. The summed E-state index contributed by atoms with van der Waals surface area (Å²) in [6.07, 6.45) is 1.01. The summed E-state index contributed by atoms with van der Waals surface area (Å²) in [5.41, 5.74) is 1.39. The Kier molecular flexibility index (Phi) is 5.72. The Labute approximate surface area is 143 Å². The monoisotopic (exact) mass is 328 g/mol. The van der Waals surface area contributed by atoms with Gasteiger partial charge in [0.1, 0.15) is 31.1 Å². The zero-order chi connectivity index (χ0) is 16.7. The summed E-state index contributed by atoms with van der Waals surface area (Å²) in [4.78, 5) is 0. The van der Waals surface area contributed by atoms with Gasteiger partial charge in [0.05, 0.1) is 26.4 Å². The number of ether oxygens (including phenoxy) is 2. The molecule has 0 spiro atoms. The van der Waals surface area contributed by atoms with Gasteiger partial charge in [-0.2, -0.15) is 0 Å². The number of phenols is 1. The molecule has 1 N–H and O–H groups in total. The Morgan fingerprint density at radius 2 is 1.67 bits per heavy atom. The first-order valence-corrected chi connectivity index (χ1v) is 8.64. The fourth-order valence-electron chi connectivity index (χ4n) is 3.29. The van der Waals surface area contributed by atoms with Gasteiger partial charge in [-0.1, -0.05) is 30.3 Å². The second-order valence-electron chi connectivity index (χ2n) is 6.46. The average molecular weight is 328 g/mol. The van der Waals surface area contributed by atoms with Crippen LogP contribution in [-0.4, -0.2) is 49.0 Å². The van der Waals surface area contributed by atoms with Crippen molar-refractivity contribution in [3.05, 3.63) is 60.2 Å². The van der Waals surface area contributed by atoms with E-state index in [4.69, 9.17) is 9.47 Å². The third kappa shape index (κ3) is 4.73. The molecule has 0 amide bonds. The van der Waals surface area contributed by atoms with Crippen LogP contribution in [0.5, 0.6) is 11.5 Å². The number of quaternary nitrogens is 1. The SMILES string of the molecule is Oc1ccc(OCCC[N+]2(Cc3ccccc3)CCOCC2)cc1. The number of aromatic hydroxyl groups is 1. The summed E-state index contributed by atoms with van der Waals surface area (Å²) < 4.78 is 12.4. The number of morpholine rings is 1. The predicted molar refractivity (Wildman–Crippen MR) is 94.0 cm³/mol. The Bertz CT molecular complexity index is 607. The summed E-state index contributed by atoms with van der Waals surface area (Å²) in [6, 6.07) is 17.6. The van der Waals surface area contributed by atoms with E-state index in [0.717, 1.165) is 56.0 Å². The molecule has 4 nitrogen and oxygen atoms in total. The summed E-state index contributed by atoms with van der Waals surface area (Å²) in [5.74, 6) is 1.08. The maximum atomic E-state index is 9.30. The lowest BCUT2D eigenvalue weighted by Crippen LogP contribution is -2.55. The number of benzene rings is 2. The largest absolute Gasteiger partial charge is 0.508 e. The molecule has 2 aromatic carbocycles. The Hall–Kier alpha value is -2.04. The number of rotatable bonds is 7. The van der Waals surface area contributed by atoms with Crippen LogP contribution in [0.1, 0.15) is 12.0 Å². The molecular formula is C20H26NO3+. The second-order valence-corrected chi connectivity index (χ2v) is 6.46. The molecule has 1 aliphatic heterocycles. The topological polar surface area (TPSA) is 38.7 Å². The highest BCUT2D eigenvalue weighted by Crippen LogP contribution is 2.20. The van der Waals surface area contributed by atoms with Gasteiger partial charge in [-0.25, -0.2) is 0 Å². The first-order chi connectivity index (χ1) is 11.8. The van der Waals surface area contributed by atoms with Gasteiger partial charge in [-0.15, -0.1) is 0 Å². The van der Waals surface area contributed by atoms with Crippen LogP contribution in [0.2, 0.25) is 0 Å². The van der Waals surface area contributed by atoms with Crippen LogP contribution < -0.4 is 4.74 Å². The minimum Gasteiger partial charge on any atom is -0.508 e. The third-order valence-electron chi connectivity index (χ3n) is 4.66. The van der Waals surface area contributed by atoms with Crippen molar-refractivity contribution < 1.29 is 19.1 Å². The minimum absolute atomic E-state index is 0.267. The molecule has 4 heteroatoms. The maximum Gasteiger partial charge on any atom is 0.119 e. The highest BCUT2D eigenvalue weighted by Gasteiger charge is 2.30. The van der Waals surface area contributed by atoms with Gasteiger partial charge in [-0.3, -0.25) is 0 Å². The van der Waals surface area contributed by atoms with Crippen LogP contribution in [0, 0.1) is 0 Å². The number of hydrogen-bond donors (Lipinski definition) is 1. The smallest absolute Gasteiger partial charge is 0.119 e. The van der Waals surface area contributed by atoms with Crippen molar-refractivity contribution in [2.24, 2.45) is 0 Å². The molecule has 1 aliphatic rings. The highest BCUT2D eigenvalue weighted by molar-refractivity contribution is 5.29. The van der Waals surface area contributed by atoms with Gasteiger partial charge >= 0.3 is 0 Å². The maximum absolute atomic E-state index is 9.30. The summed E-state index contributed by atoms with van der Waals surface area (Å²) in [6.45, 7) is 6.65. The van der Waals surface area contributed by atoms with E-state index < -0.39 is 0 Å². The van der Waals surface area contributed by atoms with Crippen LogP contribution in [0.3, 0.4) is 0 Å². The molecule has 1 heterocycles. The van der Waals surface area contributed by atoms with Crippen LogP contribution >= 0.6 is 0 Å². The van der Waals surface area contributed by atoms with E-state index >= 15 is 0 Å².